The second kappa shape index (κ2) is 8.19. The van der Waals surface area contributed by atoms with Gasteiger partial charge in [0.05, 0.1) is 17.3 Å². The molecule has 2 N–H and O–H groups in total. The van der Waals surface area contributed by atoms with Gasteiger partial charge in [0.15, 0.2) is 0 Å². The molecule has 0 radical (unpaired) electrons. The monoisotopic (exact) mass is 408 g/mol. The topological polar surface area (TPSA) is 66.4 Å². The Hall–Kier alpha value is -3.73. The first kappa shape index (κ1) is 19.2. The van der Waals surface area contributed by atoms with E-state index in [1.807, 2.05) is 6.92 Å². The summed E-state index contributed by atoms with van der Waals surface area (Å²) in [6.07, 6.45) is 8.86. The van der Waals surface area contributed by atoms with E-state index in [-0.39, 0.29) is 5.91 Å². The highest BCUT2D eigenvalue weighted by Crippen LogP contribution is 2.49. The van der Waals surface area contributed by atoms with Crippen LogP contribution >= 0.6 is 0 Å². The SMILES string of the molecule is C/C(=N/NC(=O)c1cccnc1)c1ccc2c(c1)[C@@H]1C=CC[C@@H]1[C@H](c1ccccc1)N2. The Kier molecular flexibility index (Phi) is 5.08. The quantitative estimate of drug-likeness (QED) is 0.360. The van der Waals surface area contributed by atoms with E-state index >= 15 is 0 Å². The Labute approximate surface area is 181 Å². The van der Waals surface area contributed by atoms with Crippen LogP contribution in [-0.4, -0.2) is 16.6 Å². The fourth-order valence-corrected chi connectivity index (χ4v) is 4.57. The molecule has 0 fully saturated rings. The molecule has 3 atom stereocenters. The van der Waals surface area contributed by atoms with Crippen LogP contribution in [0.2, 0.25) is 0 Å². The van der Waals surface area contributed by atoms with Crippen molar-refractivity contribution in [2.24, 2.45) is 11.0 Å². The van der Waals surface area contributed by atoms with Crippen molar-refractivity contribution in [3.05, 3.63) is 107 Å². The zero-order chi connectivity index (χ0) is 21.2. The first-order valence-electron chi connectivity index (χ1n) is 10.6. The summed E-state index contributed by atoms with van der Waals surface area (Å²) in [6, 6.07) is 20.8. The normalized spacial score (nSPS) is 21.7. The van der Waals surface area contributed by atoms with Gasteiger partial charge in [-0.3, -0.25) is 9.78 Å². The molecule has 3 aromatic rings. The summed E-state index contributed by atoms with van der Waals surface area (Å²) in [7, 11) is 0. The van der Waals surface area contributed by atoms with Crippen LogP contribution in [0.5, 0.6) is 0 Å². The molecule has 1 aliphatic heterocycles. The lowest BCUT2D eigenvalue weighted by atomic mass is 9.76. The molecular formula is C26H24N4O. The lowest BCUT2D eigenvalue weighted by Crippen LogP contribution is -2.29. The standard InChI is InChI=1S/C26H24N4O/c1-17(29-30-26(31)20-9-6-14-27-16-20)19-12-13-24-23(15-19)21-10-5-11-22(21)25(28-24)18-7-3-2-4-8-18/h2-10,12-16,21-22,25,28H,11H2,1H3,(H,30,31)/b29-17-/t21-,22+,25+/m1/s1. The Morgan fingerprint density at radius 3 is 2.77 bits per heavy atom. The van der Waals surface area contributed by atoms with Gasteiger partial charge in [-0.05, 0) is 60.2 Å². The highest BCUT2D eigenvalue weighted by atomic mass is 16.2. The maximum Gasteiger partial charge on any atom is 0.272 e. The minimum absolute atomic E-state index is 0.267. The molecule has 5 nitrogen and oxygen atoms in total. The van der Waals surface area contributed by atoms with Gasteiger partial charge in [0.2, 0.25) is 0 Å². The molecule has 31 heavy (non-hydrogen) atoms. The molecule has 5 heteroatoms. The van der Waals surface area contributed by atoms with Crippen molar-refractivity contribution in [1.29, 1.82) is 0 Å². The zero-order valence-corrected chi connectivity index (χ0v) is 17.3. The number of allylic oxidation sites excluding steroid dienone is 2. The summed E-state index contributed by atoms with van der Waals surface area (Å²) in [5.74, 6) is 0.600. The first-order chi connectivity index (χ1) is 15.2. The third-order valence-electron chi connectivity index (χ3n) is 6.19. The largest absolute Gasteiger partial charge is 0.378 e. The molecule has 1 aromatic heterocycles. The summed E-state index contributed by atoms with van der Waals surface area (Å²) >= 11 is 0. The molecule has 0 spiro atoms. The van der Waals surface area contributed by atoms with Gasteiger partial charge in [-0.1, -0.05) is 48.6 Å². The second-order valence-corrected chi connectivity index (χ2v) is 8.07. The van der Waals surface area contributed by atoms with Crippen molar-refractivity contribution < 1.29 is 4.79 Å². The van der Waals surface area contributed by atoms with Gasteiger partial charge >= 0.3 is 0 Å². The van der Waals surface area contributed by atoms with Crippen LogP contribution in [0.15, 0.2) is 90.3 Å². The number of anilines is 1. The third kappa shape index (κ3) is 3.75. The van der Waals surface area contributed by atoms with Crippen molar-refractivity contribution in [2.75, 3.05) is 5.32 Å². The Morgan fingerprint density at radius 1 is 1.10 bits per heavy atom. The molecule has 2 heterocycles. The number of nitrogens with one attached hydrogen (secondary N) is 2. The van der Waals surface area contributed by atoms with Crippen LogP contribution in [-0.2, 0) is 0 Å². The summed E-state index contributed by atoms with van der Waals surface area (Å²) in [4.78, 5) is 16.2. The van der Waals surface area contributed by atoms with Gasteiger partial charge in [0.1, 0.15) is 0 Å². The number of rotatable bonds is 4. The molecule has 1 amide bonds. The van der Waals surface area contributed by atoms with E-state index in [4.69, 9.17) is 0 Å². The number of benzene rings is 2. The minimum Gasteiger partial charge on any atom is -0.378 e. The number of carbonyl (C=O) groups excluding carboxylic acids is 1. The fourth-order valence-electron chi connectivity index (χ4n) is 4.57. The minimum atomic E-state index is -0.267. The highest BCUT2D eigenvalue weighted by Gasteiger charge is 2.37. The number of aromatic nitrogens is 1. The summed E-state index contributed by atoms with van der Waals surface area (Å²) in [5.41, 5.74) is 8.67. The number of nitrogens with zero attached hydrogens (tertiary/aromatic N) is 2. The van der Waals surface area contributed by atoms with E-state index in [0.29, 0.717) is 23.4 Å². The molecule has 2 aromatic carbocycles. The number of pyridine rings is 1. The summed E-state index contributed by atoms with van der Waals surface area (Å²) in [5, 5.41) is 8.08. The van der Waals surface area contributed by atoms with Crippen LogP contribution in [0, 0.1) is 5.92 Å². The molecule has 2 aliphatic rings. The first-order valence-corrected chi connectivity index (χ1v) is 10.6. The fraction of sp³-hybridized carbons (Fsp3) is 0.192. The van der Waals surface area contributed by atoms with Crippen molar-refractivity contribution in [3.8, 4) is 0 Å². The molecular weight excluding hydrogens is 384 g/mol. The van der Waals surface area contributed by atoms with Gasteiger partial charge in [0, 0.05) is 24.0 Å². The number of fused-ring (bicyclic) bond motifs is 3. The molecule has 0 unspecified atom stereocenters. The van der Waals surface area contributed by atoms with E-state index < -0.39 is 0 Å². The second-order valence-electron chi connectivity index (χ2n) is 8.07. The van der Waals surface area contributed by atoms with Crippen LogP contribution in [0.3, 0.4) is 0 Å². The number of hydrogen-bond donors (Lipinski definition) is 2. The lowest BCUT2D eigenvalue weighted by Gasteiger charge is -2.37. The van der Waals surface area contributed by atoms with Crippen LogP contribution < -0.4 is 10.7 Å². The predicted octanol–water partition coefficient (Wildman–Crippen LogP) is 5.06. The smallest absolute Gasteiger partial charge is 0.272 e. The number of hydrogen-bond acceptors (Lipinski definition) is 4. The van der Waals surface area contributed by atoms with Gasteiger partial charge in [-0.2, -0.15) is 5.10 Å². The molecule has 154 valence electrons. The van der Waals surface area contributed by atoms with Crippen molar-refractivity contribution >= 4 is 17.3 Å². The molecule has 0 saturated carbocycles. The number of hydrazone groups is 1. The van der Waals surface area contributed by atoms with Crippen molar-refractivity contribution in [2.45, 2.75) is 25.3 Å². The van der Waals surface area contributed by atoms with E-state index in [2.05, 4.69) is 81.5 Å². The summed E-state index contributed by atoms with van der Waals surface area (Å²) in [6.45, 7) is 1.91. The average Bonchev–Trinajstić information content (AvgIpc) is 3.33. The maximum absolute atomic E-state index is 12.3. The van der Waals surface area contributed by atoms with Crippen LogP contribution in [0.25, 0.3) is 0 Å². The third-order valence-corrected chi connectivity index (χ3v) is 6.19. The number of carbonyl (C=O) groups is 1. The van der Waals surface area contributed by atoms with Crippen LogP contribution in [0.4, 0.5) is 5.69 Å². The van der Waals surface area contributed by atoms with Gasteiger partial charge in [-0.25, -0.2) is 5.43 Å². The Balaban J connectivity index is 1.40. The average molecular weight is 409 g/mol. The van der Waals surface area contributed by atoms with E-state index in [0.717, 1.165) is 23.4 Å². The van der Waals surface area contributed by atoms with E-state index in [1.54, 1.807) is 18.3 Å². The number of amides is 1. The zero-order valence-electron chi connectivity index (χ0n) is 17.3. The predicted molar refractivity (Wildman–Crippen MR) is 123 cm³/mol. The Bertz CT molecular complexity index is 1150. The highest BCUT2D eigenvalue weighted by molar-refractivity contribution is 6.01. The van der Waals surface area contributed by atoms with E-state index in [1.165, 1.54) is 17.3 Å². The van der Waals surface area contributed by atoms with Gasteiger partial charge in [0.25, 0.3) is 5.91 Å². The van der Waals surface area contributed by atoms with E-state index in [9.17, 15) is 4.79 Å². The maximum atomic E-state index is 12.3. The van der Waals surface area contributed by atoms with Crippen molar-refractivity contribution in [1.82, 2.24) is 10.4 Å². The van der Waals surface area contributed by atoms with Gasteiger partial charge < -0.3 is 5.32 Å². The van der Waals surface area contributed by atoms with Gasteiger partial charge in [-0.15, -0.1) is 0 Å². The molecule has 0 saturated heterocycles. The molecule has 5 rings (SSSR count). The molecule has 0 bridgehead atoms. The van der Waals surface area contributed by atoms with Crippen LogP contribution in [0.1, 0.15) is 52.4 Å². The van der Waals surface area contributed by atoms with Crippen molar-refractivity contribution in [3.63, 3.8) is 0 Å². The lowest BCUT2D eigenvalue weighted by molar-refractivity contribution is 0.0954. The Morgan fingerprint density at radius 2 is 1.97 bits per heavy atom. The molecule has 1 aliphatic carbocycles. The summed E-state index contributed by atoms with van der Waals surface area (Å²) < 4.78 is 0.